The number of likely N-dealkylation sites (tertiary alicyclic amines) is 1. The molecule has 0 aromatic heterocycles. The molecule has 1 fully saturated rings. The first kappa shape index (κ1) is 13.8. The summed E-state index contributed by atoms with van der Waals surface area (Å²) in [5.74, 6) is 1.42. The van der Waals surface area contributed by atoms with E-state index in [2.05, 4.69) is 49.2 Å². The molecule has 0 amide bonds. The molecule has 1 saturated heterocycles. The summed E-state index contributed by atoms with van der Waals surface area (Å²) in [6.45, 7) is 3.30. The number of benzene rings is 2. The van der Waals surface area contributed by atoms with Gasteiger partial charge in [-0.1, -0.05) is 35.9 Å². The highest BCUT2D eigenvalue weighted by atomic mass is 16.3. The van der Waals surface area contributed by atoms with Crippen molar-refractivity contribution >= 4 is 0 Å². The zero-order chi connectivity index (χ0) is 15.3. The third kappa shape index (κ3) is 2.05. The van der Waals surface area contributed by atoms with E-state index in [4.69, 9.17) is 0 Å². The zero-order valence-electron chi connectivity index (χ0n) is 13.3. The van der Waals surface area contributed by atoms with E-state index < -0.39 is 0 Å². The van der Waals surface area contributed by atoms with Crippen molar-refractivity contribution in [1.82, 2.24) is 4.90 Å². The Kier molecular flexibility index (Phi) is 3.23. The largest absolute Gasteiger partial charge is 0.508 e. The summed E-state index contributed by atoms with van der Waals surface area (Å²) in [5.41, 5.74) is 5.43. The van der Waals surface area contributed by atoms with Crippen LogP contribution in [-0.4, -0.2) is 23.6 Å². The third-order valence-electron chi connectivity index (χ3n) is 5.52. The van der Waals surface area contributed by atoms with Gasteiger partial charge in [-0.05, 0) is 68.1 Å². The molecule has 2 aliphatic rings. The molecule has 1 N–H and O–H groups in total. The summed E-state index contributed by atoms with van der Waals surface area (Å²) in [4.78, 5) is 2.50. The molecule has 2 aromatic carbocycles. The highest BCUT2D eigenvalue weighted by Gasteiger charge is 2.44. The van der Waals surface area contributed by atoms with E-state index in [1.807, 2.05) is 12.1 Å². The lowest BCUT2D eigenvalue weighted by atomic mass is 9.80. The van der Waals surface area contributed by atoms with Crippen LogP contribution in [0.15, 0.2) is 42.5 Å². The Labute approximate surface area is 132 Å². The molecule has 0 bridgehead atoms. The van der Waals surface area contributed by atoms with Crippen molar-refractivity contribution in [3.05, 3.63) is 64.7 Å². The van der Waals surface area contributed by atoms with Crippen LogP contribution in [0.1, 0.15) is 47.1 Å². The Morgan fingerprint density at radius 3 is 2.59 bits per heavy atom. The first-order valence-corrected chi connectivity index (χ1v) is 8.25. The average molecular weight is 293 g/mol. The fraction of sp³-hybridized carbons (Fsp3) is 0.400. The lowest BCUT2D eigenvalue weighted by Crippen LogP contribution is -2.34. The Bertz CT molecular complexity index is 691. The molecule has 114 valence electrons. The topological polar surface area (TPSA) is 23.5 Å². The van der Waals surface area contributed by atoms with Crippen LogP contribution in [0.5, 0.6) is 5.75 Å². The second-order valence-electron chi connectivity index (χ2n) is 6.93. The van der Waals surface area contributed by atoms with Crippen LogP contribution in [-0.2, 0) is 0 Å². The maximum absolute atomic E-state index is 9.99. The van der Waals surface area contributed by atoms with Crippen molar-refractivity contribution in [3.8, 4) is 5.75 Å². The summed E-state index contributed by atoms with van der Waals surface area (Å²) in [6.07, 6.45) is 2.53. The van der Waals surface area contributed by atoms with Crippen LogP contribution in [0.3, 0.4) is 0 Å². The molecule has 2 aromatic rings. The molecule has 22 heavy (non-hydrogen) atoms. The highest BCUT2D eigenvalue weighted by molar-refractivity contribution is 5.49. The number of phenolic OH excluding ortho intramolecular Hbond substituents is 1. The summed E-state index contributed by atoms with van der Waals surface area (Å²) >= 11 is 0. The molecule has 3 atom stereocenters. The van der Waals surface area contributed by atoms with E-state index >= 15 is 0 Å². The Balaban J connectivity index is 1.86. The van der Waals surface area contributed by atoms with Gasteiger partial charge in [-0.3, -0.25) is 4.90 Å². The maximum atomic E-state index is 9.99. The standard InChI is InChI=1S/C20H23NO/c1-13-5-7-14(8-6-13)19-17-4-3-11-21(2)20(17)16-10-9-15(22)12-18(16)19/h5-10,12,17,19-20,22H,3-4,11H2,1-2H3/t17-,19+,20+/m0/s1. The second kappa shape index (κ2) is 5.13. The maximum Gasteiger partial charge on any atom is 0.115 e. The predicted octanol–water partition coefficient (Wildman–Crippen LogP) is 4.23. The van der Waals surface area contributed by atoms with Gasteiger partial charge in [-0.25, -0.2) is 0 Å². The number of piperidine rings is 1. The number of fused-ring (bicyclic) bond motifs is 3. The quantitative estimate of drug-likeness (QED) is 0.850. The minimum atomic E-state index is 0.386. The first-order valence-electron chi connectivity index (χ1n) is 8.25. The van der Waals surface area contributed by atoms with Crippen LogP contribution in [0.25, 0.3) is 0 Å². The summed E-state index contributed by atoms with van der Waals surface area (Å²) in [6, 6.07) is 15.4. The van der Waals surface area contributed by atoms with Gasteiger partial charge in [0.2, 0.25) is 0 Å². The van der Waals surface area contributed by atoms with Crippen LogP contribution in [0.2, 0.25) is 0 Å². The molecule has 1 aliphatic carbocycles. The lowest BCUT2D eigenvalue weighted by Gasteiger charge is -2.37. The number of nitrogens with zero attached hydrogens (tertiary/aromatic N) is 1. The molecule has 0 radical (unpaired) electrons. The molecule has 2 heteroatoms. The van der Waals surface area contributed by atoms with E-state index in [1.54, 1.807) is 0 Å². The van der Waals surface area contributed by atoms with E-state index in [0.29, 0.717) is 23.6 Å². The van der Waals surface area contributed by atoms with E-state index in [-0.39, 0.29) is 0 Å². The predicted molar refractivity (Wildman–Crippen MR) is 89.2 cm³/mol. The molecular formula is C20H23NO. The zero-order valence-corrected chi connectivity index (χ0v) is 13.3. The van der Waals surface area contributed by atoms with Gasteiger partial charge < -0.3 is 5.11 Å². The Hall–Kier alpha value is -1.80. The van der Waals surface area contributed by atoms with Crippen LogP contribution < -0.4 is 0 Å². The van der Waals surface area contributed by atoms with Crippen molar-refractivity contribution in [2.24, 2.45) is 5.92 Å². The number of hydrogen-bond acceptors (Lipinski definition) is 2. The minimum Gasteiger partial charge on any atom is -0.508 e. The van der Waals surface area contributed by atoms with E-state index in [1.165, 1.54) is 41.6 Å². The molecule has 1 aliphatic heterocycles. The molecule has 0 saturated carbocycles. The molecule has 0 unspecified atom stereocenters. The average Bonchev–Trinajstić information content (AvgIpc) is 2.83. The number of aryl methyl sites for hydroxylation is 1. The van der Waals surface area contributed by atoms with Crippen LogP contribution in [0, 0.1) is 12.8 Å². The molecule has 1 heterocycles. The summed E-state index contributed by atoms with van der Waals surface area (Å²) < 4.78 is 0. The molecule has 0 spiro atoms. The fourth-order valence-electron chi connectivity index (χ4n) is 4.55. The van der Waals surface area contributed by atoms with Gasteiger partial charge in [0.1, 0.15) is 5.75 Å². The van der Waals surface area contributed by atoms with Gasteiger partial charge in [0.25, 0.3) is 0 Å². The Morgan fingerprint density at radius 1 is 1.05 bits per heavy atom. The number of aromatic hydroxyl groups is 1. The van der Waals surface area contributed by atoms with Crippen molar-refractivity contribution in [2.45, 2.75) is 31.7 Å². The molecule has 4 rings (SSSR count). The van der Waals surface area contributed by atoms with Crippen molar-refractivity contribution in [2.75, 3.05) is 13.6 Å². The van der Waals surface area contributed by atoms with Gasteiger partial charge in [0.05, 0.1) is 0 Å². The monoisotopic (exact) mass is 293 g/mol. The van der Waals surface area contributed by atoms with Crippen molar-refractivity contribution < 1.29 is 5.11 Å². The number of rotatable bonds is 1. The third-order valence-corrected chi connectivity index (χ3v) is 5.52. The molecular weight excluding hydrogens is 270 g/mol. The van der Waals surface area contributed by atoms with Gasteiger partial charge in [0.15, 0.2) is 0 Å². The van der Waals surface area contributed by atoms with Crippen molar-refractivity contribution in [3.63, 3.8) is 0 Å². The van der Waals surface area contributed by atoms with E-state index in [9.17, 15) is 5.11 Å². The minimum absolute atomic E-state index is 0.386. The lowest BCUT2D eigenvalue weighted by molar-refractivity contribution is 0.127. The van der Waals surface area contributed by atoms with Gasteiger partial charge in [-0.15, -0.1) is 0 Å². The van der Waals surface area contributed by atoms with Crippen LogP contribution in [0.4, 0.5) is 0 Å². The second-order valence-corrected chi connectivity index (χ2v) is 6.93. The summed E-state index contributed by atoms with van der Waals surface area (Å²) in [5, 5.41) is 9.99. The van der Waals surface area contributed by atoms with Gasteiger partial charge >= 0.3 is 0 Å². The Morgan fingerprint density at radius 2 is 1.82 bits per heavy atom. The van der Waals surface area contributed by atoms with E-state index in [0.717, 1.165) is 0 Å². The number of phenols is 1. The van der Waals surface area contributed by atoms with Gasteiger partial charge in [0, 0.05) is 12.0 Å². The normalized spacial score (nSPS) is 27.5. The highest BCUT2D eigenvalue weighted by Crippen LogP contribution is 2.54. The molecule has 2 nitrogen and oxygen atoms in total. The van der Waals surface area contributed by atoms with Crippen molar-refractivity contribution in [1.29, 1.82) is 0 Å². The first-order chi connectivity index (χ1) is 10.6. The smallest absolute Gasteiger partial charge is 0.115 e. The van der Waals surface area contributed by atoms with Crippen LogP contribution >= 0.6 is 0 Å². The van der Waals surface area contributed by atoms with Gasteiger partial charge in [-0.2, -0.15) is 0 Å². The SMILES string of the molecule is Cc1ccc([C@H]2c3cc(O)ccc3[C@@H]3[C@H]2CCCN3C)cc1. The summed E-state index contributed by atoms with van der Waals surface area (Å²) in [7, 11) is 2.24. The number of hydrogen-bond donors (Lipinski definition) is 1. The fourth-order valence-corrected chi connectivity index (χ4v) is 4.55.